The fraction of sp³-hybridized carbons (Fsp3) is 0.562. The average molecular weight is 642 g/mol. The summed E-state index contributed by atoms with van der Waals surface area (Å²) in [5.41, 5.74) is 7.29. The Balaban J connectivity index is 0.000000591. The zero-order valence-corrected chi connectivity index (χ0v) is 25.6. The van der Waals surface area contributed by atoms with Crippen LogP contribution in [0.25, 0.3) is 0 Å². The Hall–Kier alpha value is -3.61. The number of nitrogens with zero attached hydrogens (tertiary/aromatic N) is 2. The second kappa shape index (κ2) is 13.8. The largest absolute Gasteiger partial charge is 0.493 e. The van der Waals surface area contributed by atoms with Gasteiger partial charge in [-0.1, -0.05) is 13.0 Å². The van der Waals surface area contributed by atoms with Crippen molar-refractivity contribution in [1.29, 1.82) is 0 Å². The van der Waals surface area contributed by atoms with Crippen molar-refractivity contribution in [2.45, 2.75) is 88.0 Å². The van der Waals surface area contributed by atoms with Gasteiger partial charge in [0.1, 0.15) is 0 Å². The molecule has 3 fully saturated rings. The lowest BCUT2D eigenvalue weighted by molar-refractivity contribution is -0.192. The fourth-order valence-electron chi connectivity index (χ4n) is 7.45. The van der Waals surface area contributed by atoms with Crippen molar-refractivity contribution in [3.63, 3.8) is 0 Å². The van der Waals surface area contributed by atoms with Crippen molar-refractivity contribution in [3.8, 4) is 11.5 Å². The third kappa shape index (κ3) is 7.29. The molecule has 0 radical (unpaired) electrons. The fourth-order valence-corrected chi connectivity index (χ4v) is 7.45. The minimum Gasteiger partial charge on any atom is -0.493 e. The van der Waals surface area contributed by atoms with Gasteiger partial charge in [0.25, 0.3) is 0 Å². The predicted octanol–water partition coefficient (Wildman–Crippen LogP) is 6.64. The number of carbonyl (C=O) groups excluding carboxylic acids is 1. The lowest BCUT2D eigenvalue weighted by Crippen LogP contribution is -2.56. The van der Waals surface area contributed by atoms with Gasteiger partial charge < -0.3 is 20.3 Å². The number of likely N-dealkylation sites (tertiary alicyclic amines) is 1. The standard InChI is InChI=1S/C30H39F2N3O3.C2HF3O2/c1-19-4-7-21(8-5-19)34-15-14-30(20-6-11-26(37-2)27(16-20)38-3)13-12-23(18-28(30)34)35(29(33)36)22-9-10-24(31)25(32)17-22;3-2(4,5)1(6)7/h6,9-11,16-17,19,21,23,28H,4-5,7-8,12-15,18H2,1-3H3,(H2,33,36);(H,6,7)/t19?,21?,23-,28+,30+;/m1./s1. The maximum atomic E-state index is 14.2. The van der Waals surface area contributed by atoms with E-state index in [-0.39, 0.29) is 17.5 Å². The van der Waals surface area contributed by atoms with Crippen LogP contribution in [0.4, 0.5) is 32.4 Å². The second-order valence-electron chi connectivity index (χ2n) is 12.2. The number of carboxylic acids is 1. The van der Waals surface area contributed by atoms with Gasteiger partial charge in [-0.05, 0) is 93.7 Å². The number of nitrogens with two attached hydrogens (primary N) is 1. The number of hydrogen-bond acceptors (Lipinski definition) is 5. The number of anilines is 1. The normalized spacial score (nSPS) is 26.7. The molecule has 1 aliphatic heterocycles. The van der Waals surface area contributed by atoms with E-state index in [0.717, 1.165) is 37.4 Å². The number of carbonyl (C=O) groups is 2. The maximum absolute atomic E-state index is 14.2. The van der Waals surface area contributed by atoms with Gasteiger partial charge in [0.2, 0.25) is 0 Å². The number of amides is 2. The average Bonchev–Trinajstić information content (AvgIpc) is 3.38. The Morgan fingerprint density at radius 2 is 1.60 bits per heavy atom. The highest BCUT2D eigenvalue weighted by molar-refractivity contribution is 5.91. The molecule has 2 aromatic rings. The van der Waals surface area contributed by atoms with Gasteiger partial charge in [0.05, 0.1) is 14.2 Å². The molecule has 0 bridgehead atoms. The first-order valence-corrected chi connectivity index (χ1v) is 15.0. The first kappa shape index (κ1) is 34.3. The smallest absolute Gasteiger partial charge is 0.490 e. The molecule has 0 aromatic heterocycles. The molecule has 3 atom stereocenters. The van der Waals surface area contributed by atoms with Crippen LogP contribution in [0.15, 0.2) is 36.4 Å². The Morgan fingerprint density at radius 3 is 2.16 bits per heavy atom. The Kier molecular flexibility index (Phi) is 10.5. The van der Waals surface area contributed by atoms with E-state index in [1.54, 1.807) is 14.2 Å². The van der Waals surface area contributed by atoms with Crippen molar-refractivity contribution < 1.29 is 46.1 Å². The molecule has 45 heavy (non-hydrogen) atoms. The highest BCUT2D eigenvalue weighted by Crippen LogP contribution is 2.53. The predicted molar refractivity (Wildman–Crippen MR) is 158 cm³/mol. The molecule has 2 saturated carbocycles. The number of primary amides is 1. The molecule has 8 nitrogen and oxygen atoms in total. The molecule has 1 heterocycles. The first-order chi connectivity index (χ1) is 21.2. The molecule has 13 heteroatoms. The third-order valence-corrected chi connectivity index (χ3v) is 9.71. The van der Waals surface area contributed by atoms with E-state index in [9.17, 15) is 26.7 Å². The number of carboxylic acid groups (broad SMARTS) is 1. The molecule has 2 amide bonds. The quantitative estimate of drug-likeness (QED) is 0.343. The van der Waals surface area contributed by atoms with E-state index >= 15 is 0 Å². The molecule has 3 aliphatic rings. The number of hydrogen-bond donors (Lipinski definition) is 2. The summed E-state index contributed by atoms with van der Waals surface area (Å²) in [6.45, 7) is 3.32. The number of ether oxygens (including phenoxy) is 2. The van der Waals surface area contributed by atoms with Crippen LogP contribution in [-0.2, 0) is 10.2 Å². The lowest BCUT2D eigenvalue weighted by atomic mass is 9.64. The molecule has 3 N–H and O–H groups in total. The van der Waals surface area contributed by atoms with E-state index in [2.05, 4.69) is 24.0 Å². The van der Waals surface area contributed by atoms with Crippen LogP contribution >= 0.6 is 0 Å². The molecular weight excluding hydrogens is 601 g/mol. The van der Waals surface area contributed by atoms with E-state index in [4.69, 9.17) is 25.1 Å². The van der Waals surface area contributed by atoms with Gasteiger partial charge in [-0.15, -0.1) is 0 Å². The van der Waals surface area contributed by atoms with Crippen LogP contribution in [0.3, 0.4) is 0 Å². The van der Waals surface area contributed by atoms with Gasteiger partial charge in [-0.25, -0.2) is 18.4 Å². The van der Waals surface area contributed by atoms with Crippen LogP contribution in [0.2, 0.25) is 0 Å². The molecule has 0 unspecified atom stereocenters. The van der Waals surface area contributed by atoms with Gasteiger partial charge in [0, 0.05) is 35.3 Å². The summed E-state index contributed by atoms with van der Waals surface area (Å²) in [7, 11) is 3.30. The van der Waals surface area contributed by atoms with Crippen molar-refractivity contribution in [2.75, 3.05) is 25.7 Å². The monoisotopic (exact) mass is 641 g/mol. The van der Waals surface area contributed by atoms with E-state index in [0.29, 0.717) is 36.1 Å². The highest BCUT2D eigenvalue weighted by Gasteiger charge is 2.54. The maximum Gasteiger partial charge on any atom is 0.490 e. The van der Waals surface area contributed by atoms with Crippen molar-refractivity contribution in [1.82, 2.24) is 4.90 Å². The van der Waals surface area contributed by atoms with Gasteiger partial charge in [-0.3, -0.25) is 9.80 Å². The van der Waals surface area contributed by atoms with E-state index in [1.165, 1.54) is 42.2 Å². The topological polar surface area (TPSA) is 105 Å². The van der Waals surface area contributed by atoms with Crippen molar-refractivity contribution in [2.24, 2.45) is 11.7 Å². The van der Waals surface area contributed by atoms with E-state index < -0.39 is 29.8 Å². The summed E-state index contributed by atoms with van der Waals surface area (Å²) >= 11 is 0. The highest BCUT2D eigenvalue weighted by atomic mass is 19.4. The summed E-state index contributed by atoms with van der Waals surface area (Å²) in [5, 5.41) is 7.12. The number of urea groups is 1. The molecular formula is C32H40F5N3O5. The molecule has 0 spiro atoms. The Morgan fingerprint density at radius 1 is 0.956 bits per heavy atom. The Bertz CT molecular complexity index is 1370. The van der Waals surface area contributed by atoms with Gasteiger partial charge >= 0.3 is 18.2 Å². The summed E-state index contributed by atoms with van der Waals surface area (Å²) in [5.74, 6) is -2.52. The summed E-state index contributed by atoms with van der Waals surface area (Å²) in [6, 6.07) is 9.65. The van der Waals surface area contributed by atoms with Gasteiger partial charge in [-0.2, -0.15) is 13.2 Å². The molecule has 2 aliphatic carbocycles. The first-order valence-electron chi connectivity index (χ1n) is 15.0. The summed E-state index contributed by atoms with van der Waals surface area (Å²) in [6.07, 6.45) is 3.01. The van der Waals surface area contributed by atoms with Crippen molar-refractivity contribution in [3.05, 3.63) is 53.6 Å². The van der Waals surface area contributed by atoms with Crippen LogP contribution in [-0.4, -0.2) is 67.1 Å². The number of benzene rings is 2. The van der Waals surface area contributed by atoms with Crippen LogP contribution in [0, 0.1) is 17.6 Å². The Labute approximate surface area is 259 Å². The molecule has 2 aromatic carbocycles. The van der Waals surface area contributed by atoms with Crippen LogP contribution in [0.5, 0.6) is 11.5 Å². The number of methoxy groups -OCH3 is 2. The van der Waals surface area contributed by atoms with E-state index in [1.807, 2.05) is 6.07 Å². The number of aliphatic carboxylic acids is 1. The van der Waals surface area contributed by atoms with Crippen LogP contribution < -0.4 is 20.1 Å². The molecule has 248 valence electrons. The number of halogens is 5. The SMILES string of the molecule is COc1ccc([C@@]23CC[C@@H](N(C(N)=O)c4ccc(F)c(F)c4)C[C@@H]2N(C2CCC(C)CC2)CC3)cc1OC.O=C(O)C(F)(F)F. The third-order valence-electron chi connectivity index (χ3n) is 9.71. The molecule has 1 saturated heterocycles. The van der Waals surface area contributed by atoms with Gasteiger partial charge in [0.15, 0.2) is 23.1 Å². The zero-order valence-electron chi connectivity index (χ0n) is 25.6. The molecule has 5 rings (SSSR count). The number of fused-ring (bicyclic) bond motifs is 1. The van der Waals surface area contributed by atoms with Crippen LogP contribution in [0.1, 0.15) is 63.9 Å². The summed E-state index contributed by atoms with van der Waals surface area (Å²) in [4.78, 5) is 25.7. The number of alkyl halides is 3. The number of rotatable bonds is 6. The summed E-state index contributed by atoms with van der Waals surface area (Å²) < 4.78 is 70.7. The zero-order chi connectivity index (χ0) is 33.1. The minimum absolute atomic E-state index is 0.101. The second-order valence-corrected chi connectivity index (χ2v) is 12.2. The lowest BCUT2D eigenvalue weighted by Gasteiger charge is -2.49. The van der Waals surface area contributed by atoms with Crippen molar-refractivity contribution >= 4 is 17.7 Å². The minimum atomic E-state index is -5.08.